The minimum atomic E-state index is -0.340. The Hall–Kier alpha value is -3.22. The van der Waals surface area contributed by atoms with Crippen molar-refractivity contribution in [2.24, 2.45) is 0 Å². The summed E-state index contributed by atoms with van der Waals surface area (Å²) in [5.74, 6) is -0.140. The van der Waals surface area contributed by atoms with Gasteiger partial charge in [-0.1, -0.05) is 6.07 Å². The van der Waals surface area contributed by atoms with Gasteiger partial charge in [0, 0.05) is 49.0 Å². The van der Waals surface area contributed by atoms with Crippen molar-refractivity contribution >= 4 is 11.7 Å². The van der Waals surface area contributed by atoms with Crippen molar-refractivity contribution in [3.63, 3.8) is 0 Å². The molecular formula is C19H18FN5O. The number of benzene rings is 1. The highest BCUT2D eigenvalue weighted by Crippen LogP contribution is 2.21. The molecule has 1 fully saturated rings. The Labute approximate surface area is 150 Å². The minimum absolute atomic E-state index is 0.0409. The van der Waals surface area contributed by atoms with Gasteiger partial charge in [-0.2, -0.15) is 0 Å². The van der Waals surface area contributed by atoms with Crippen LogP contribution in [0.4, 0.5) is 10.2 Å². The zero-order chi connectivity index (χ0) is 17.9. The Morgan fingerprint density at radius 1 is 1.23 bits per heavy atom. The Morgan fingerprint density at radius 2 is 2.15 bits per heavy atom. The third-order valence-electron chi connectivity index (χ3n) is 4.47. The maximum absolute atomic E-state index is 13.9. The van der Waals surface area contributed by atoms with Crippen LogP contribution in [0.5, 0.6) is 0 Å². The van der Waals surface area contributed by atoms with Crippen molar-refractivity contribution in [2.75, 3.05) is 18.0 Å². The number of halogens is 1. The molecule has 132 valence electrons. The molecule has 4 rings (SSSR count). The Morgan fingerprint density at radius 3 is 2.96 bits per heavy atom. The molecule has 0 unspecified atom stereocenters. The normalized spacial score (nSPS) is 16.7. The Bertz CT molecular complexity index is 912. The lowest BCUT2D eigenvalue weighted by Crippen LogP contribution is -2.37. The van der Waals surface area contributed by atoms with Gasteiger partial charge in [0.2, 0.25) is 0 Å². The average molecular weight is 351 g/mol. The van der Waals surface area contributed by atoms with Gasteiger partial charge in [-0.05, 0) is 36.8 Å². The number of aromatic nitrogens is 3. The van der Waals surface area contributed by atoms with E-state index in [-0.39, 0.29) is 17.8 Å². The molecule has 0 aliphatic carbocycles. The number of nitrogens with one attached hydrogen (secondary N) is 1. The van der Waals surface area contributed by atoms with Gasteiger partial charge in [0.1, 0.15) is 0 Å². The van der Waals surface area contributed by atoms with Gasteiger partial charge in [0.25, 0.3) is 5.91 Å². The number of hydrogen-bond acceptors (Lipinski definition) is 4. The maximum Gasteiger partial charge on any atom is 0.251 e. The summed E-state index contributed by atoms with van der Waals surface area (Å²) < 4.78 is 15.7. The number of imidazole rings is 1. The van der Waals surface area contributed by atoms with Gasteiger partial charge >= 0.3 is 0 Å². The van der Waals surface area contributed by atoms with Gasteiger partial charge in [0.05, 0.1) is 6.33 Å². The smallest absolute Gasteiger partial charge is 0.251 e. The Kier molecular flexibility index (Phi) is 4.35. The monoisotopic (exact) mass is 351 g/mol. The molecule has 1 aliphatic heterocycles. The number of nitrogens with zero attached hydrogens (tertiary/aromatic N) is 4. The number of pyridine rings is 1. The fraction of sp³-hybridized carbons (Fsp3) is 0.211. The molecule has 3 aromatic rings. The number of carbonyl (C=O) groups excluding carboxylic acids is 1. The van der Waals surface area contributed by atoms with Crippen LogP contribution >= 0.6 is 0 Å². The quantitative estimate of drug-likeness (QED) is 0.784. The highest BCUT2D eigenvalue weighted by atomic mass is 19.1. The highest BCUT2D eigenvalue weighted by Gasteiger charge is 2.26. The summed E-state index contributed by atoms with van der Waals surface area (Å²) in [6.07, 6.45) is 7.53. The van der Waals surface area contributed by atoms with E-state index in [0.29, 0.717) is 24.5 Å². The summed E-state index contributed by atoms with van der Waals surface area (Å²) in [7, 11) is 0. The van der Waals surface area contributed by atoms with E-state index in [2.05, 4.69) is 15.3 Å². The molecule has 0 saturated carbocycles. The van der Waals surface area contributed by atoms with Crippen molar-refractivity contribution in [3.05, 3.63) is 72.7 Å². The van der Waals surface area contributed by atoms with Gasteiger partial charge < -0.3 is 14.8 Å². The molecule has 0 bridgehead atoms. The van der Waals surface area contributed by atoms with Crippen LogP contribution in [0.25, 0.3) is 5.69 Å². The third kappa shape index (κ3) is 3.28. The van der Waals surface area contributed by atoms with Crippen molar-refractivity contribution < 1.29 is 9.18 Å². The van der Waals surface area contributed by atoms with Crippen LogP contribution in [-0.4, -0.2) is 39.6 Å². The van der Waals surface area contributed by atoms with Crippen molar-refractivity contribution in [1.29, 1.82) is 0 Å². The summed E-state index contributed by atoms with van der Waals surface area (Å²) in [6.45, 7) is 1.20. The second kappa shape index (κ2) is 6.95. The van der Waals surface area contributed by atoms with E-state index in [0.717, 1.165) is 12.1 Å². The van der Waals surface area contributed by atoms with Crippen LogP contribution in [0.2, 0.25) is 0 Å². The van der Waals surface area contributed by atoms with Crippen LogP contribution in [0, 0.1) is 5.82 Å². The largest absolute Gasteiger partial charge is 0.352 e. The Balaban J connectivity index is 1.43. The summed E-state index contributed by atoms with van der Waals surface area (Å²) in [6, 6.07) is 10.3. The van der Waals surface area contributed by atoms with E-state index in [1.54, 1.807) is 30.9 Å². The lowest BCUT2D eigenvalue weighted by Gasteiger charge is -2.18. The van der Waals surface area contributed by atoms with E-state index in [4.69, 9.17) is 0 Å². The fourth-order valence-corrected chi connectivity index (χ4v) is 3.17. The minimum Gasteiger partial charge on any atom is -0.352 e. The molecule has 1 atom stereocenters. The predicted octanol–water partition coefficient (Wildman–Crippen LogP) is 2.42. The van der Waals surface area contributed by atoms with Gasteiger partial charge in [0.15, 0.2) is 11.6 Å². The number of hydrogen-bond donors (Lipinski definition) is 1. The number of rotatable bonds is 4. The molecule has 0 spiro atoms. The average Bonchev–Trinajstić information content (AvgIpc) is 3.34. The summed E-state index contributed by atoms with van der Waals surface area (Å²) in [5, 5.41) is 3.03. The molecule has 2 aromatic heterocycles. The maximum atomic E-state index is 13.9. The number of amides is 1. The number of anilines is 1. The van der Waals surface area contributed by atoms with E-state index in [1.165, 1.54) is 6.07 Å². The lowest BCUT2D eigenvalue weighted by atomic mass is 10.1. The number of carbonyl (C=O) groups is 1. The molecular weight excluding hydrogens is 333 g/mol. The standard InChI is InChI=1S/C19H18FN5O/c20-17-5-2-7-22-18(17)24-9-6-15(12-24)23-19(26)14-3-1-4-16(11-14)25-10-8-21-13-25/h1-5,7-8,10-11,13,15H,6,9,12H2,(H,23,26)/t15-/m0/s1. The van der Waals surface area contributed by atoms with Gasteiger partial charge in [-0.3, -0.25) is 4.79 Å². The SMILES string of the molecule is O=C(N[C@H]1CCN(c2ncccc2F)C1)c1cccc(-n2ccnc2)c1. The summed E-state index contributed by atoms with van der Waals surface area (Å²) in [5.41, 5.74) is 1.46. The summed E-state index contributed by atoms with van der Waals surface area (Å²) in [4.78, 5) is 22.6. The zero-order valence-corrected chi connectivity index (χ0v) is 14.0. The molecule has 1 aromatic carbocycles. The molecule has 1 saturated heterocycles. The van der Waals surface area contributed by atoms with Crippen molar-refractivity contribution in [2.45, 2.75) is 12.5 Å². The van der Waals surface area contributed by atoms with E-state index in [9.17, 15) is 9.18 Å². The molecule has 26 heavy (non-hydrogen) atoms. The molecule has 3 heterocycles. The van der Waals surface area contributed by atoms with Gasteiger partial charge in [-0.25, -0.2) is 14.4 Å². The predicted molar refractivity (Wildman–Crippen MR) is 95.8 cm³/mol. The molecule has 7 heteroatoms. The zero-order valence-electron chi connectivity index (χ0n) is 14.0. The molecule has 0 radical (unpaired) electrons. The molecule has 6 nitrogen and oxygen atoms in total. The van der Waals surface area contributed by atoms with Crippen LogP contribution in [0.15, 0.2) is 61.3 Å². The first-order chi connectivity index (χ1) is 12.7. The molecule has 1 aliphatic rings. The first kappa shape index (κ1) is 16.3. The van der Waals surface area contributed by atoms with Gasteiger partial charge in [-0.15, -0.1) is 0 Å². The fourth-order valence-electron chi connectivity index (χ4n) is 3.17. The first-order valence-electron chi connectivity index (χ1n) is 8.45. The van der Waals surface area contributed by atoms with Crippen LogP contribution in [-0.2, 0) is 0 Å². The highest BCUT2D eigenvalue weighted by molar-refractivity contribution is 5.95. The molecule has 1 amide bonds. The van der Waals surface area contributed by atoms with E-state index < -0.39 is 0 Å². The molecule has 1 N–H and O–H groups in total. The second-order valence-corrected chi connectivity index (χ2v) is 6.23. The van der Waals surface area contributed by atoms with Crippen molar-refractivity contribution in [3.8, 4) is 5.69 Å². The second-order valence-electron chi connectivity index (χ2n) is 6.23. The topological polar surface area (TPSA) is 63.1 Å². The van der Waals surface area contributed by atoms with E-state index in [1.807, 2.05) is 33.9 Å². The van der Waals surface area contributed by atoms with Crippen molar-refractivity contribution in [1.82, 2.24) is 19.9 Å². The third-order valence-corrected chi connectivity index (χ3v) is 4.47. The van der Waals surface area contributed by atoms with Crippen LogP contribution in [0.1, 0.15) is 16.8 Å². The van der Waals surface area contributed by atoms with Crippen LogP contribution < -0.4 is 10.2 Å². The van der Waals surface area contributed by atoms with Crippen LogP contribution in [0.3, 0.4) is 0 Å². The summed E-state index contributed by atoms with van der Waals surface area (Å²) >= 11 is 0. The lowest BCUT2D eigenvalue weighted by molar-refractivity contribution is 0.0940. The first-order valence-corrected chi connectivity index (χ1v) is 8.45. The van der Waals surface area contributed by atoms with E-state index >= 15 is 0 Å².